The van der Waals surface area contributed by atoms with Crippen LogP contribution in [-0.2, 0) is 0 Å². The highest BCUT2D eigenvalue weighted by Gasteiger charge is 2.35. The number of fused-ring (bicyclic) bond motifs is 2. The van der Waals surface area contributed by atoms with Gasteiger partial charge in [-0.1, -0.05) is 77.9 Å². The first-order chi connectivity index (χ1) is 16.1. The summed E-state index contributed by atoms with van der Waals surface area (Å²) in [5.41, 5.74) is 15.6. The van der Waals surface area contributed by atoms with Crippen LogP contribution in [0.4, 0.5) is 0 Å². The largest absolute Gasteiger partial charge is 0.361 e. The molecule has 0 saturated carbocycles. The van der Waals surface area contributed by atoms with Crippen molar-refractivity contribution in [3.63, 3.8) is 0 Å². The summed E-state index contributed by atoms with van der Waals surface area (Å²) in [6.07, 6.45) is 19.6. The van der Waals surface area contributed by atoms with E-state index in [-0.39, 0.29) is 0 Å². The third-order valence-corrected chi connectivity index (χ3v) is 6.83. The van der Waals surface area contributed by atoms with Crippen molar-refractivity contribution in [1.82, 2.24) is 5.32 Å². The molecule has 1 heterocycles. The third-order valence-electron chi connectivity index (χ3n) is 6.83. The van der Waals surface area contributed by atoms with E-state index in [9.17, 15) is 0 Å². The Kier molecular flexibility index (Phi) is 4.58. The molecule has 2 aromatic carbocycles. The van der Waals surface area contributed by atoms with Gasteiger partial charge in [0.1, 0.15) is 0 Å². The Morgan fingerprint density at radius 2 is 1.52 bits per heavy atom. The molecule has 0 fully saturated rings. The van der Waals surface area contributed by atoms with Crippen LogP contribution >= 0.6 is 0 Å². The lowest BCUT2D eigenvalue weighted by molar-refractivity contribution is 1.09. The maximum absolute atomic E-state index is 3.41. The molecular weight excluding hydrogens is 398 g/mol. The van der Waals surface area contributed by atoms with E-state index in [0.717, 1.165) is 5.70 Å². The van der Waals surface area contributed by atoms with Gasteiger partial charge in [-0.15, -0.1) is 0 Å². The Balaban J connectivity index is 1.40. The molecule has 0 spiro atoms. The van der Waals surface area contributed by atoms with E-state index in [1.807, 2.05) is 18.4 Å². The molecule has 1 nitrogen and oxygen atoms in total. The van der Waals surface area contributed by atoms with Crippen LogP contribution in [0, 0.1) is 12.8 Å². The van der Waals surface area contributed by atoms with Crippen LogP contribution in [0.25, 0.3) is 17.2 Å². The topological polar surface area (TPSA) is 12.0 Å². The number of aryl methyl sites for hydroxylation is 1. The molecule has 1 radical (unpaired) electrons. The summed E-state index contributed by atoms with van der Waals surface area (Å²) in [6.45, 7) is 6.63. The van der Waals surface area contributed by atoms with Crippen molar-refractivity contribution in [2.75, 3.05) is 0 Å². The Morgan fingerprint density at radius 3 is 2.36 bits per heavy atom. The van der Waals surface area contributed by atoms with E-state index >= 15 is 0 Å². The molecule has 4 aliphatic rings. The predicted molar refractivity (Wildman–Crippen MR) is 139 cm³/mol. The highest BCUT2D eigenvalue weighted by molar-refractivity contribution is 5.90. The highest BCUT2D eigenvalue weighted by Crippen LogP contribution is 2.51. The monoisotopic (exact) mass is 424 g/mol. The maximum Gasteiger partial charge on any atom is 0.0601 e. The first-order valence-electron chi connectivity index (χ1n) is 11.5. The Hall–Kier alpha value is -3.84. The van der Waals surface area contributed by atoms with E-state index < -0.39 is 0 Å². The number of benzene rings is 2. The molecule has 2 aromatic rings. The van der Waals surface area contributed by atoms with Crippen LogP contribution in [0.2, 0.25) is 0 Å². The molecule has 1 N–H and O–H groups in total. The zero-order chi connectivity index (χ0) is 22.5. The third kappa shape index (κ3) is 3.24. The number of allylic oxidation sites excluding steroid dienone is 12. The lowest BCUT2D eigenvalue weighted by Crippen LogP contribution is -2.06. The summed E-state index contributed by atoms with van der Waals surface area (Å²) in [6, 6.07) is 15.6. The summed E-state index contributed by atoms with van der Waals surface area (Å²) in [7, 11) is 0. The standard InChI is InChI=1S/C32H26N/c1-20-11-13-23(14-12-20)26-8-7-9-27-29(26)17-22(3)31(27)32-21(2)16-24-18-25(19-28(24)32)30-10-5-4-6-15-33-30/h4-19,33H,1-3H3. The van der Waals surface area contributed by atoms with Gasteiger partial charge >= 0.3 is 0 Å². The molecule has 0 aromatic heterocycles. The van der Waals surface area contributed by atoms with Gasteiger partial charge in [-0.3, -0.25) is 0 Å². The summed E-state index contributed by atoms with van der Waals surface area (Å²) < 4.78 is 0. The van der Waals surface area contributed by atoms with Gasteiger partial charge in [-0.25, -0.2) is 0 Å². The summed E-state index contributed by atoms with van der Waals surface area (Å²) >= 11 is 0. The van der Waals surface area contributed by atoms with Gasteiger partial charge < -0.3 is 5.32 Å². The molecule has 0 unspecified atom stereocenters. The van der Waals surface area contributed by atoms with Crippen molar-refractivity contribution < 1.29 is 0 Å². The van der Waals surface area contributed by atoms with Crippen LogP contribution in [0.5, 0.6) is 0 Å². The predicted octanol–water partition coefficient (Wildman–Crippen LogP) is 7.68. The van der Waals surface area contributed by atoms with Gasteiger partial charge in [-0.2, -0.15) is 0 Å². The van der Waals surface area contributed by atoms with Gasteiger partial charge in [0.25, 0.3) is 0 Å². The number of hydrogen-bond acceptors (Lipinski definition) is 1. The van der Waals surface area contributed by atoms with Crippen LogP contribution < -0.4 is 5.32 Å². The zero-order valence-corrected chi connectivity index (χ0v) is 19.2. The van der Waals surface area contributed by atoms with E-state index in [2.05, 4.69) is 105 Å². The molecule has 1 heteroatoms. The molecule has 0 amide bonds. The first-order valence-corrected chi connectivity index (χ1v) is 11.5. The molecule has 6 rings (SSSR count). The number of rotatable bonds is 3. The second-order valence-corrected chi connectivity index (χ2v) is 9.12. The average Bonchev–Trinajstić information content (AvgIpc) is 3.35. The van der Waals surface area contributed by atoms with Crippen molar-refractivity contribution in [2.24, 2.45) is 0 Å². The van der Waals surface area contributed by atoms with Crippen molar-refractivity contribution in [3.8, 4) is 11.1 Å². The van der Waals surface area contributed by atoms with E-state index in [1.54, 1.807) is 0 Å². The first kappa shape index (κ1) is 19.8. The molecule has 3 aliphatic carbocycles. The minimum Gasteiger partial charge on any atom is -0.361 e. The zero-order valence-electron chi connectivity index (χ0n) is 19.2. The summed E-state index contributed by atoms with van der Waals surface area (Å²) in [5, 5.41) is 3.41. The fraction of sp³-hybridized carbons (Fsp3) is 0.0938. The van der Waals surface area contributed by atoms with Gasteiger partial charge in [-0.05, 0) is 95.2 Å². The van der Waals surface area contributed by atoms with Gasteiger partial charge in [0.05, 0.1) is 5.92 Å². The smallest absolute Gasteiger partial charge is 0.0601 e. The van der Waals surface area contributed by atoms with Crippen molar-refractivity contribution in [1.29, 1.82) is 0 Å². The van der Waals surface area contributed by atoms with Crippen LogP contribution in [-0.4, -0.2) is 0 Å². The maximum atomic E-state index is 3.41. The van der Waals surface area contributed by atoms with Gasteiger partial charge in [0.15, 0.2) is 0 Å². The van der Waals surface area contributed by atoms with E-state index in [0.29, 0.717) is 0 Å². The normalized spacial score (nSPS) is 18.8. The number of hydrogen-bond donors (Lipinski definition) is 1. The molecule has 0 atom stereocenters. The SMILES string of the molecule is CC1=Cc2c(cccc2-c2ccc(C)cc2)[C]1C1=C(C)C=C2C=C(C3=CC=CC=CN3)C=C21. The lowest BCUT2D eigenvalue weighted by Gasteiger charge is -2.19. The Morgan fingerprint density at radius 1 is 0.697 bits per heavy atom. The minimum absolute atomic E-state index is 1.13. The summed E-state index contributed by atoms with van der Waals surface area (Å²) in [4.78, 5) is 0. The molecule has 0 saturated heterocycles. The molecule has 1 aliphatic heterocycles. The Labute approximate surface area is 196 Å². The van der Waals surface area contributed by atoms with Crippen molar-refractivity contribution >= 4 is 6.08 Å². The van der Waals surface area contributed by atoms with Gasteiger partial charge in [0, 0.05) is 11.9 Å². The molecule has 0 bridgehead atoms. The highest BCUT2D eigenvalue weighted by atomic mass is 14.9. The fourth-order valence-electron chi connectivity index (χ4n) is 5.26. The lowest BCUT2D eigenvalue weighted by atomic mass is 9.83. The average molecular weight is 425 g/mol. The second-order valence-electron chi connectivity index (χ2n) is 9.12. The van der Waals surface area contributed by atoms with E-state index in [1.165, 1.54) is 67.2 Å². The van der Waals surface area contributed by atoms with Gasteiger partial charge in [0.2, 0.25) is 0 Å². The minimum atomic E-state index is 1.13. The molecule has 33 heavy (non-hydrogen) atoms. The van der Waals surface area contributed by atoms with Crippen molar-refractivity contribution in [2.45, 2.75) is 20.8 Å². The molecule has 159 valence electrons. The molecular formula is C32H26N. The van der Waals surface area contributed by atoms with Crippen LogP contribution in [0.1, 0.15) is 30.5 Å². The Bertz CT molecular complexity index is 1430. The van der Waals surface area contributed by atoms with Crippen molar-refractivity contribution in [3.05, 3.63) is 153 Å². The van der Waals surface area contributed by atoms with Crippen LogP contribution in [0.3, 0.4) is 0 Å². The van der Waals surface area contributed by atoms with E-state index in [4.69, 9.17) is 0 Å². The summed E-state index contributed by atoms with van der Waals surface area (Å²) in [5.74, 6) is 1.37. The van der Waals surface area contributed by atoms with Crippen LogP contribution in [0.15, 0.2) is 130 Å². The second kappa shape index (κ2) is 7.64. The quantitative estimate of drug-likeness (QED) is 0.533. The number of nitrogens with one attached hydrogen (secondary N) is 1. The fourth-order valence-corrected chi connectivity index (χ4v) is 5.26.